The van der Waals surface area contributed by atoms with E-state index in [9.17, 15) is 8.78 Å². The number of hydrogen-bond acceptors (Lipinski definition) is 1. The van der Waals surface area contributed by atoms with Gasteiger partial charge < -0.3 is 4.57 Å². The topological polar surface area (TPSA) is 17.8 Å². The van der Waals surface area contributed by atoms with Crippen LogP contribution in [-0.4, -0.2) is 9.55 Å². The van der Waals surface area contributed by atoms with Crippen molar-refractivity contribution < 1.29 is 8.78 Å². The number of benzene rings is 1. The van der Waals surface area contributed by atoms with Crippen molar-refractivity contribution in [1.82, 2.24) is 9.55 Å². The Morgan fingerprint density at radius 3 is 2.85 bits per heavy atom. The Bertz CT molecular complexity index is 651. The van der Waals surface area contributed by atoms with Crippen LogP contribution in [0.25, 0.3) is 11.0 Å². The number of rotatable bonds is 4. The molecule has 3 atom stereocenters. The standard InChI is InChI=1S/C15H17ClF2N2/c1-3-4-9-7-12(9)20-14-11(19-15(20)8(2)16)6-5-10(17)13(14)18/h5-6,8-9,12H,3-4,7H2,1-2H3. The first-order valence-corrected chi connectivity index (χ1v) is 7.48. The molecule has 0 radical (unpaired) electrons. The van der Waals surface area contributed by atoms with E-state index in [-0.39, 0.29) is 16.9 Å². The van der Waals surface area contributed by atoms with Gasteiger partial charge in [-0.15, -0.1) is 11.6 Å². The van der Waals surface area contributed by atoms with E-state index in [1.54, 1.807) is 0 Å². The molecule has 1 saturated carbocycles. The van der Waals surface area contributed by atoms with Gasteiger partial charge in [0.2, 0.25) is 0 Å². The van der Waals surface area contributed by atoms with Crippen LogP contribution in [0.2, 0.25) is 0 Å². The first kappa shape index (κ1) is 13.8. The van der Waals surface area contributed by atoms with Crippen LogP contribution in [0.5, 0.6) is 0 Å². The smallest absolute Gasteiger partial charge is 0.184 e. The maximum Gasteiger partial charge on any atom is 0.184 e. The Morgan fingerprint density at radius 1 is 1.45 bits per heavy atom. The third-order valence-corrected chi connectivity index (χ3v) is 4.20. The number of fused-ring (bicyclic) bond motifs is 1. The molecule has 0 aliphatic heterocycles. The van der Waals surface area contributed by atoms with E-state index >= 15 is 0 Å². The number of hydrogen-bond donors (Lipinski definition) is 0. The molecule has 0 amide bonds. The Hall–Kier alpha value is -1.16. The second-order valence-electron chi connectivity index (χ2n) is 5.54. The SMILES string of the molecule is CCCC1CC1n1c(C(C)Cl)nc2ccc(F)c(F)c21. The van der Waals surface area contributed by atoms with E-state index in [0.717, 1.165) is 25.3 Å². The summed E-state index contributed by atoms with van der Waals surface area (Å²) < 4.78 is 29.5. The van der Waals surface area contributed by atoms with Gasteiger partial charge in [-0.05, 0) is 37.8 Å². The minimum absolute atomic E-state index is 0.201. The molecule has 20 heavy (non-hydrogen) atoms. The summed E-state index contributed by atoms with van der Waals surface area (Å²) in [6, 6.07) is 2.84. The summed E-state index contributed by atoms with van der Waals surface area (Å²) in [5, 5.41) is -0.326. The van der Waals surface area contributed by atoms with Gasteiger partial charge in [0.05, 0.1) is 10.9 Å². The first-order chi connectivity index (χ1) is 9.54. The van der Waals surface area contributed by atoms with Crippen molar-refractivity contribution >= 4 is 22.6 Å². The van der Waals surface area contributed by atoms with Gasteiger partial charge in [0.25, 0.3) is 0 Å². The van der Waals surface area contributed by atoms with Gasteiger partial charge in [0.15, 0.2) is 11.6 Å². The number of nitrogens with zero attached hydrogens (tertiary/aromatic N) is 2. The lowest BCUT2D eigenvalue weighted by Crippen LogP contribution is -2.05. The Morgan fingerprint density at radius 2 is 2.20 bits per heavy atom. The molecule has 0 saturated heterocycles. The lowest BCUT2D eigenvalue weighted by molar-refractivity contribution is 0.507. The van der Waals surface area contributed by atoms with E-state index in [2.05, 4.69) is 11.9 Å². The number of alkyl halides is 1. The van der Waals surface area contributed by atoms with Crippen molar-refractivity contribution in [3.8, 4) is 0 Å². The number of aromatic nitrogens is 2. The van der Waals surface area contributed by atoms with Crippen LogP contribution in [0.3, 0.4) is 0 Å². The largest absolute Gasteiger partial charge is 0.321 e. The highest BCUT2D eigenvalue weighted by Crippen LogP contribution is 2.49. The molecule has 3 unspecified atom stereocenters. The number of imidazole rings is 1. The van der Waals surface area contributed by atoms with Gasteiger partial charge >= 0.3 is 0 Å². The summed E-state index contributed by atoms with van der Waals surface area (Å²) in [6.07, 6.45) is 3.18. The summed E-state index contributed by atoms with van der Waals surface area (Å²) >= 11 is 6.17. The Balaban J connectivity index is 2.17. The van der Waals surface area contributed by atoms with Crippen molar-refractivity contribution in [1.29, 1.82) is 0 Å². The average molecular weight is 299 g/mol. The predicted molar refractivity (Wildman–Crippen MR) is 76.0 cm³/mol. The van der Waals surface area contributed by atoms with Crippen LogP contribution >= 0.6 is 11.6 Å². The second kappa shape index (κ2) is 4.99. The average Bonchev–Trinajstić information content (AvgIpc) is 3.04. The first-order valence-electron chi connectivity index (χ1n) is 7.04. The fraction of sp³-hybridized carbons (Fsp3) is 0.533. The molecule has 0 spiro atoms. The van der Waals surface area contributed by atoms with E-state index in [1.165, 1.54) is 6.07 Å². The van der Waals surface area contributed by atoms with E-state index < -0.39 is 11.6 Å². The Kier molecular flexibility index (Phi) is 3.44. The number of halogens is 3. The molecule has 1 aliphatic carbocycles. The fourth-order valence-corrected chi connectivity index (χ4v) is 3.14. The summed E-state index contributed by atoms with van der Waals surface area (Å²) in [5.41, 5.74) is 0.740. The van der Waals surface area contributed by atoms with Crippen molar-refractivity contribution in [2.24, 2.45) is 5.92 Å². The van der Waals surface area contributed by atoms with Gasteiger partial charge in [-0.2, -0.15) is 0 Å². The molecule has 0 N–H and O–H groups in total. The molecule has 5 heteroatoms. The highest BCUT2D eigenvalue weighted by Gasteiger charge is 2.41. The summed E-state index contributed by atoms with van der Waals surface area (Å²) in [7, 11) is 0. The minimum Gasteiger partial charge on any atom is -0.321 e. The molecule has 3 rings (SSSR count). The highest BCUT2D eigenvalue weighted by atomic mass is 35.5. The van der Waals surface area contributed by atoms with Crippen LogP contribution in [0.15, 0.2) is 12.1 Å². The maximum absolute atomic E-state index is 14.2. The molecule has 0 bridgehead atoms. The molecule has 1 aromatic heterocycles. The molecule has 1 heterocycles. The van der Waals surface area contributed by atoms with Gasteiger partial charge in [-0.1, -0.05) is 13.3 Å². The predicted octanol–water partition coefficient (Wildman–Crippen LogP) is 4.98. The zero-order chi connectivity index (χ0) is 14.4. The van der Waals surface area contributed by atoms with Crippen LogP contribution in [0.4, 0.5) is 8.78 Å². The zero-order valence-electron chi connectivity index (χ0n) is 11.5. The molecule has 2 nitrogen and oxygen atoms in total. The van der Waals surface area contributed by atoms with E-state index in [1.807, 2.05) is 11.5 Å². The molecular weight excluding hydrogens is 282 g/mol. The van der Waals surface area contributed by atoms with Crippen molar-refractivity contribution in [2.45, 2.75) is 44.5 Å². The van der Waals surface area contributed by atoms with E-state index in [0.29, 0.717) is 17.3 Å². The van der Waals surface area contributed by atoms with E-state index in [4.69, 9.17) is 11.6 Å². The molecular formula is C15H17ClF2N2. The lowest BCUT2D eigenvalue weighted by Gasteiger charge is -2.10. The van der Waals surface area contributed by atoms with Crippen LogP contribution < -0.4 is 0 Å². The van der Waals surface area contributed by atoms with Gasteiger partial charge in [-0.3, -0.25) is 0 Å². The fourth-order valence-electron chi connectivity index (χ4n) is 2.99. The van der Waals surface area contributed by atoms with Gasteiger partial charge in [-0.25, -0.2) is 13.8 Å². The van der Waals surface area contributed by atoms with Crippen LogP contribution in [0.1, 0.15) is 50.4 Å². The summed E-state index contributed by atoms with van der Waals surface area (Å²) in [6.45, 7) is 3.94. The maximum atomic E-state index is 14.2. The minimum atomic E-state index is -0.833. The molecule has 2 aromatic rings. The molecule has 1 fully saturated rings. The molecule has 1 aliphatic rings. The Labute approximate surface area is 121 Å². The van der Waals surface area contributed by atoms with Crippen LogP contribution in [0, 0.1) is 17.6 Å². The van der Waals surface area contributed by atoms with Crippen molar-refractivity contribution in [3.63, 3.8) is 0 Å². The normalized spacial score (nSPS) is 23.2. The quantitative estimate of drug-likeness (QED) is 0.728. The summed E-state index contributed by atoms with van der Waals surface area (Å²) in [4.78, 5) is 4.39. The molecule has 1 aromatic carbocycles. The second-order valence-corrected chi connectivity index (χ2v) is 6.19. The van der Waals surface area contributed by atoms with Gasteiger partial charge in [0, 0.05) is 6.04 Å². The van der Waals surface area contributed by atoms with Crippen LogP contribution in [-0.2, 0) is 0 Å². The lowest BCUT2D eigenvalue weighted by atomic mass is 10.2. The highest BCUT2D eigenvalue weighted by molar-refractivity contribution is 6.20. The third-order valence-electron chi connectivity index (χ3n) is 4.00. The summed E-state index contributed by atoms with van der Waals surface area (Å²) in [5.74, 6) is -0.496. The monoisotopic (exact) mass is 298 g/mol. The zero-order valence-corrected chi connectivity index (χ0v) is 12.3. The third kappa shape index (κ3) is 2.10. The van der Waals surface area contributed by atoms with Gasteiger partial charge in [0.1, 0.15) is 11.3 Å². The molecule has 108 valence electrons. The van der Waals surface area contributed by atoms with Crippen molar-refractivity contribution in [3.05, 3.63) is 29.6 Å². The van der Waals surface area contributed by atoms with Crippen molar-refractivity contribution in [2.75, 3.05) is 0 Å².